The van der Waals surface area contributed by atoms with Gasteiger partial charge < -0.3 is 48.2 Å². The van der Waals surface area contributed by atoms with Gasteiger partial charge in [-0.05, 0) is 36.8 Å². The van der Waals surface area contributed by atoms with E-state index in [1.165, 1.54) is 12.5 Å². The van der Waals surface area contributed by atoms with Crippen molar-refractivity contribution >= 4 is 40.6 Å². The Balaban J connectivity index is 1.83. The number of rotatable bonds is 17. The summed E-state index contributed by atoms with van der Waals surface area (Å²) >= 11 is 0. The van der Waals surface area contributed by atoms with Gasteiger partial charge in [-0.25, -0.2) is 9.78 Å². The maximum Gasteiger partial charge on any atom is 0.326 e. The van der Waals surface area contributed by atoms with Crippen molar-refractivity contribution in [1.29, 1.82) is 0 Å². The Hall–Kier alpha value is -4.92. The molecule has 15 heteroatoms. The van der Waals surface area contributed by atoms with Gasteiger partial charge in [-0.2, -0.15) is 0 Å². The fourth-order valence-electron chi connectivity index (χ4n) is 4.72. The van der Waals surface area contributed by atoms with Crippen LogP contribution in [0.4, 0.5) is 0 Å². The number of fused-ring (bicyclic) bond motifs is 1. The number of imidazole rings is 1. The molecule has 15 nitrogen and oxygen atoms in total. The van der Waals surface area contributed by atoms with Crippen molar-refractivity contribution in [3.05, 3.63) is 54.2 Å². The molecule has 1 aromatic carbocycles. The van der Waals surface area contributed by atoms with Crippen LogP contribution in [0.5, 0.6) is 0 Å². The van der Waals surface area contributed by atoms with E-state index in [0.717, 1.165) is 16.5 Å². The lowest BCUT2D eigenvalue weighted by Gasteiger charge is -2.25. The topological polar surface area (TPSA) is 259 Å². The molecule has 3 amide bonds. The van der Waals surface area contributed by atoms with E-state index in [2.05, 4.69) is 35.9 Å². The van der Waals surface area contributed by atoms with Crippen molar-refractivity contribution in [2.45, 2.75) is 70.1 Å². The minimum absolute atomic E-state index is 0.00395. The molecule has 4 atom stereocenters. The molecular formula is C29H42N10O5. The minimum atomic E-state index is -1.18. The van der Waals surface area contributed by atoms with Crippen molar-refractivity contribution < 1.29 is 24.3 Å². The Kier molecular flexibility index (Phi) is 12.3. The highest BCUT2D eigenvalue weighted by atomic mass is 16.4. The van der Waals surface area contributed by atoms with E-state index in [9.17, 15) is 24.3 Å². The number of hydrogen-bond donors (Lipinski definition) is 9. The monoisotopic (exact) mass is 610 g/mol. The minimum Gasteiger partial charge on any atom is -0.480 e. The third-order valence-corrected chi connectivity index (χ3v) is 6.97. The summed E-state index contributed by atoms with van der Waals surface area (Å²) in [6.45, 7) is 3.99. The number of hydrogen-bond acceptors (Lipinski definition) is 7. The molecule has 0 saturated carbocycles. The van der Waals surface area contributed by atoms with E-state index in [1.54, 1.807) is 6.20 Å². The smallest absolute Gasteiger partial charge is 0.326 e. The summed E-state index contributed by atoms with van der Waals surface area (Å²) < 4.78 is 0. The van der Waals surface area contributed by atoms with Crippen LogP contribution in [0.1, 0.15) is 44.4 Å². The van der Waals surface area contributed by atoms with Gasteiger partial charge in [-0.15, -0.1) is 0 Å². The number of nitrogens with two attached hydrogens (primary N) is 3. The van der Waals surface area contributed by atoms with Crippen molar-refractivity contribution in [3.63, 3.8) is 0 Å². The molecular weight excluding hydrogens is 568 g/mol. The van der Waals surface area contributed by atoms with Crippen LogP contribution in [0.15, 0.2) is 48.0 Å². The summed E-state index contributed by atoms with van der Waals surface area (Å²) in [5.41, 5.74) is 18.9. The highest BCUT2D eigenvalue weighted by Crippen LogP contribution is 2.19. The molecule has 0 bridgehead atoms. The molecule has 2 aromatic heterocycles. The summed E-state index contributed by atoms with van der Waals surface area (Å²) in [5.74, 6) is -3.14. The van der Waals surface area contributed by atoms with E-state index in [4.69, 9.17) is 17.2 Å². The van der Waals surface area contributed by atoms with E-state index in [-0.39, 0.29) is 37.6 Å². The number of nitrogens with one attached hydrogen (secondary N) is 5. The van der Waals surface area contributed by atoms with E-state index >= 15 is 0 Å². The number of amides is 3. The van der Waals surface area contributed by atoms with Crippen molar-refractivity contribution in [2.75, 3.05) is 6.54 Å². The van der Waals surface area contributed by atoms with Gasteiger partial charge in [0.15, 0.2) is 5.96 Å². The van der Waals surface area contributed by atoms with Gasteiger partial charge in [0.25, 0.3) is 0 Å². The van der Waals surface area contributed by atoms with Crippen molar-refractivity contribution in [1.82, 2.24) is 30.9 Å². The number of benzene rings is 1. The third kappa shape index (κ3) is 10.1. The number of aromatic amines is 2. The predicted octanol–water partition coefficient (Wildman–Crippen LogP) is -0.358. The second kappa shape index (κ2) is 16.1. The quantitative estimate of drug-likeness (QED) is 0.0548. The van der Waals surface area contributed by atoms with Crippen LogP contribution in [0.25, 0.3) is 10.9 Å². The summed E-state index contributed by atoms with van der Waals surface area (Å²) in [7, 11) is 0. The SMILES string of the molecule is CC(C)CC(NC(=O)C(Cc1c[nH]c2ccccc12)NC(=O)C(Cc1cnc[nH]1)NC(=O)C(N)CCCN=C(N)N)C(=O)O. The second-order valence-corrected chi connectivity index (χ2v) is 11.1. The van der Waals surface area contributed by atoms with Gasteiger partial charge in [-0.1, -0.05) is 32.0 Å². The molecule has 0 aliphatic carbocycles. The highest BCUT2D eigenvalue weighted by Gasteiger charge is 2.31. The molecule has 0 fully saturated rings. The Morgan fingerprint density at radius 2 is 1.61 bits per heavy atom. The van der Waals surface area contributed by atoms with Gasteiger partial charge in [0.2, 0.25) is 17.7 Å². The lowest BCUT2D eigenvalue weighted by atomic mass is 10.0. The maximum absolute atomic E-state index is 13.7. The molecule has 3 rings (SSSR count). The van der Waals surface area contributed by atoms with Gasteiger partial charge >= 0.3 is 5.97 Å². The van der Waals surface area contributed by atoms with Gasteiger partial charge in [-0.3, -0.25) is 19.4 Å². The average molecular weight is 611 g/mol. The molecule has 0 saturated heterocycles. The molecule has 12 N–H and O–H groups in total. The number of carboxylic acids is 1. The zero-order valence-corrected chi connectivity index (χ0v) is 24.9. The third-order valence-electron chi connectivity index (χ3n) is 6.97. The number of nitrogens with zero attached hydrogens (tertiary/aromatic N) is 2. The van der Waals surface area contributed by atoms with Gasteiger partial charge in [0.1, 0.15) is 18.1 Å². The first-order chi connectivity index (χ1) is 20.9. The maximum atomic E-state index is 13.7. The highest BCUT2D eigenvalue weighted by molar-refractivity contribution is 5.95. The Morgan fingerprint density at radius 1 is 0.955 bits per heavy atom. The summed E-state index contributed by atoms with van der Waals surface area (Å²) in [4.78, 5) is 66.1. The first kappa shape index (κ1) is 33.6. The van der Waals surface area contributed by atoms with Crippen LogP contribution in [0.2, 0.25) is 0 Å². The number of H-pyrrole nitrogens is 2. The Morgan fingerprint density at radius 3 is 2.25 bits per heavy atom. The first-order valence-electron chi connectivity index (χ1n) is 14.4. The standard InChI is InChI=1S/C29H42N10O5/c1-16(2)10-24(28(43)44)39-26(41)22(11-17-13-35-21-8-4-3-6-19(17)21)38-27(42)23(12-18-14-33-15-36-18)37-25(40)20(30)7-5-9-34-29(31)32/h3-4,6,8,13-16,20,22-24,35H,5,7,9-12,30H2,1-2H3,(H,33,36)(H,37,40)(H,38,42)(H,39,41)(H,43,44)(H4,31,32,34). The number of aromatic nitrogens is 3. The fraction of sp³-hybridized carbons (Fsp3) is 0.448. The van der Waals surface area contributed by atoms with Gasteiger partial charge in [0, 0.05) is 48.4 Å². The van der Waals surface area contributed by atoms with Gasteiger partial charge in [0.05, 0.1) is 12.4 Å². The zero-order valence-electron chi connectivity index (χ0n) is 24.9. The lowest BCUT2D eigenvalue weighted by molar-refractivity contribution is -0.142. The van der Waals surface area contributed by atoms with E-state index in [0.29, 0.717) is 18.7 Å². The molecule has 0 radical (unpaired) electrons. The molecule has 0 spiro atoms. The molecule has 2 heterocycles. The summed E-state index contributed by atoms with van der Waals surface area (Å²) in [6, 6.07) is 3.10. The number of carboxylic acid groups (broad SMARTS) is 1. The number of para-hydroxylation sites is 1. The normalized spacial score (nSPS) is 13.9. The number of carbonyl (C=O) groups is 4. The number of guanidine groups is 1. The largest absolute Gasteiger partial charge is 0.480 e. The molecule has 44 heavy (non-hydrogen) atoms. The van der Waals surface area contributed by atoms with E-state index in [1.807, 2.05) is 38.1 Å². The molecule has 238 valence electrons. The van der Waals surface area contributed by atoms with Crippen LogP contribution in [0.3, 0.4) is 0 Å². The van der Waals surface area contributed by atoms with Crippen LogP contribution >= 0.6 is 0 Å². The van der Waals surface area contributed by atoms with Crippen molar-refractivity contribution in [2.24, 2.45) is 28.1 Å². The number of aliphatic carboxylic acids is 1. The van der Waals surface area contributed by atoms with Crippen LogP contribution in [-0.4, -0.2) is 80.4 Å². The van der Waals surface area contributed by atoms with Crippen LogP contribution in [0, 0.1) is 5.92 Å². The molecule has 4 unspecified atom stereocenters. The molecule has 3 aromatic rings. The molecule has 0 aliphatic heterocycles. The predicted molar refractivity (Wildman–Crippen MR) is 165 cm³/mol. The fourth-order valence-corrected chi connectivity index (χ4v) is 4.72. The Bertz CT molecular complexity index is 1430. The molecule has 0 aliphatic rings. The second-order valence-electron chi connectivity index (χ2n) is 11.1. The lowest BCUT2D eigenvalue weighted by Crippen LogP contribution is -2.58. The van der Waals surface area contributed by atoms with Crippen LogP contribution < -0.4 is 33.2 Å². The average Bonchev–Trinajstić information content (AvgIpc) is 3.63. The number of aliphatic imine (C=N–C) groups is 1. The van der Waals surface area contributed by atoms with Crippen LogP contribution in [-0.2, 0) is 32.0 Å². The summed E-state index contributed by atoms with van der Waals surface area (Å²) in [6.07, 6.45) is 5.70. The summed E-state index contributed by atoms with van der Waals surface area (Å²) in [5, 5.41) is 18.6. The first-order valence-corrected chi connectivity index (χ1v) is 14.4. The Labute approximate surface area is 254 Å². The number of carbonyl (C=O) groups excluding carboxylic acids is 3. The zero-order chi connectivity index (χ0) is 32.2. The van der Waals surface area contributed by atoms with Crippen molar-refractivity contribution in [3.8, 4) is 0 Å². The van der Waals surface area contributed by atoms with E-state index < -0.39 is 47.9 Å².